The molecule has 0 aromatic carbocycles. The summed E-state index contributed by atoms with van der Waals surface area (Å²) in [6, 6.07) is 0. The lowest BCUT2D eigenvalue weighted by molar-refractivity contribution is -0.105. The van der Waals surface area contributed by atoms with Crippen molar-refractivity contribution in [3.05, 3.63) is 11.6 Å². The third-order valence-corrected chi connectivity index (χ3v) is 11.6. The Bertz CT molecular complexity index is 697. The average Bonchev–Trinajstić information content (AvgIpc) is 3.00. The van der Waals surface area contributed by atoms with E-state index in [0.717, 1.165) is 42.9 Å². The van der Waals surface area contributed by atoms with Gasteiger partial charge in [-0.2, -0.15) is 0 Å². The molecule has 11 atom stereocenters. The second-order valence-electron chi connectivity index (χ2n) is 13.5. The minimum absolute atomic E-state index is 0.194. The summed E-state index contributed by atoms with van der Waals surface area (Å²) in [6.07, 6.45) is 12.5. The van der Waals surface area contributed by atoms with Crippen LogP contribution in [0.5, 0.6) is 0 Å². The van der Waals surface area contributed by atoms with E-state index >= 15 is 0 Å². The van der Waals surface area contributed by atoms with Gasteiger partial charge in [0.2, 0.25) is 0 Å². The van der Waals surface area contributed by atoms with Gasteiger partial charge in [-0.25, -0.2) is 0 Å². The highest BCUT2D eigenvalue weighted by atomic mass is 16.3. The number of aliphatic hydroxyl groups is 2. The molecule has 0 aromatic heterocycles. The van der Waals surface area contributed by atoms with Gasteiger partial charge in [0.1, 0.15) is 0 Å². The van der Waals surface area contributed by atoms with Crippen LogP contribution >= 0.6 is 0 Å². The Balaban J connectivity index is 1.56. The number of hydrogen-bond acceptors (Lipinski definition) is 2. The lowest BCUT2D eigenvalue weighted by atomic mass is 9.45. The predicted octanol–water partition coefficient (Wildman–Crippen LogP) is 7.24. The molecule has 0 heterocycles. The molecule has 2 heteroatoms. The summed E-state index contributed by atoms with van der Waals surface area (Å²) in [5.74, 6) is 5.57. The number of aliphatic hydroxyl groups excluding tert-OH is 2. The first kappa shape index (κ1) is 24.8. The molecule has 184 valence electrons. The quantitative estimate of drug-likeness (QED) is 0.424. The van der Waals surface area contributed by atoms with Crippen LogP contribution in [0.25, 0.3) is 0 Å². The van der Waals surface area contributed by atoms with Crippen LogP contribution in [-0.2, 0) is 0 Å². The molecule has 0 saturated heterocycles. The zero-order valence-electron chi connectivity index (χ0n) is 22.1. The lowest BCUT2D eigenvalue weighted by Gasteiger charge is -2.60. The molecule has 0 amide bonds. The third kappa shape index (κ3) is 3.94. The van der Waals surface area contributed by atoms with Gasteiger partial charge >= 0.3 is 0 Å². The van der Waals surface area contributed by atoms with Crippen LogP contribution < -0.4 is 0 Å². The molecule has 0 aromatic rings. The van der Waals surface area contributed by atoms with E-state index in [1.807, 2.05) is 0 Å². The maximum absolute atomic E-state index is 11.5. The number of hydrogen-bond donors (Lipinski definition) is 2. The van der Waals surface area contributed by atoms with Crippen molar-refractivity contribution in [1.82, 2.24) is 0 Å². The van der Waals surface area contributed by atoms with E-state index in [-0.39, 0.29) is 17.6 Å². The molecule has 0 unspecified atom stereocenters. The fourth-order valence-corrected chi connectivity index (χ4v) is 9.77. The molecule has 2 N–H and O–H groups in total. The summed E-state index contributed by atoms with van der Waals surface area (Å²) >= 11 is 0. The van der Waals surface area contributed by atoms with E-state index in [4.69, 9.17) is 0 Å². The Kier molecular flexibility index (Phi) is 6.99. The monoisotopic (exact) mass is 444 g/mol. The smallest absolute Gasteiger partial charge is 0.0757 e. The fourth-order valence-electron chi connectivity index (χ4n) is 9.77. The first-order valence-electron chi connectivity index (χ1n) is 14.1. The standard InChI is InChI=1S/C30H52O2/c1-8-21(18(2)3)10-9-19(4)25-15-20(5)28-27-24(12-14-30(25,28)7)29(6)13-11-23(31)16-22(29)17-26(27)32/h17-21,23-28,31-32H,8-16H2,1-7H3/t19-,20+,21-,23+,24+,25-,26+,27+,28+,29+,30-/m1/s1. The van der Waals surface area contributed by atoms with Crippen LogP contribution in [0.4, 0.5) is 0 Å². The van der Waals surface area contributed by atoms with Crippen LogP contribution in [-0.4, -0.2) is 22.4 Å². The van der Waals surface area contributed by atoms with E-state index in [9.17, 15) is 10.2 Å². The average molecular weight is 445 g/mol. The molecule has 4 aliphatic carbocycles. The predicted molar refractivity (Wildman–Crippen MR) is 134 cm³/mol. The maximum Gasteiger partial charge on any atom is 0.0757 e. The van der Waals surface area contributed by atoms with Gasteiger partial charge < -0.3 is 10.2 Å². The molecule has 3 fully saturated rings. The highest BCUT2D eigenvalue weighted by Crippen LogP contribution is 2.68. The minimum Gasteiger partial charge on any atom is -0.393 e. The van der Waals surface area contributed by atoms with Gasteiger partial charge in [-0.3, -0.25) is 0 Å². The molecule has 0 spiro atoms. The zero-order valence-corrected chi connectivity index (χ0v) is 22.1. The molecule has 4 aliphatic rings. The number of rotatable bonds is 6. The molecular formula is C30H52O2. The maximum atomic E-state index is 11.5. The van der Waals surface area contributed by atoms with Gasteiger partial charge in [-0.1, -0.05) is 73.0 Å². The van der Waals surface area contributed by atoms with Crippen LogP contribution in [0.15, 0.2) is 11.6 Å². The molecule has 32 heavy (non-hydrogen) atoms. The molecule has 3 saturated carbocycles. The summed E-state index contributed by atoms with van der Waals surface area (Å²) in [5, 5.41) is 21.8. The van der Waals surface area contributed by atoms with Crippen LogP contribution in [0.2, 0.25) is 0 Å². The van der Waals surface area contributed by atoms with Gasteiger partial charge in [0.05, 0.1) is 12.2 Å². The van der Waals surface area contributed by atoms with Crippen molar-refractivity contribution in [2.45, 2.75) is 118 Å². The Morgan fingerprint density at radius 3 is 2.44 bits per heavy atom. The summed E-state index contributed by atoms with van der Waals surface area (Å²) in [6.45, 7) is 17.3. The van der Waals surface area contributed by atoms with Gasteiger partial charge in [-0.05, 0) is 103 Å². The summed E-state index contributed by atoms with van der Waals surface area (Å²) in [5.41, 5.74) is 1.93. The van der Waals surface area contributed by atoms with Crippen molar-refractivity contribution in [3.63, 3.8) is 0 Å². The van der Waals surface area contributed by atoms with Crippen molar-refractivity contribution in [3.8, 4) is 0 Å². The molecule has 4 rings (SSSR count). The largest absolute Gasteiger partial charge is 0.393 e. The van der Waals surface area contributed by atoms with Gasteiger partial charge in [0.15, 0.2) is 0 Å². The van der Waals surface area contributed by atoms with Crippen LogP contribution in [0.1, 0.15) is 106 Å². The lowest BCUT2D eigenvalue weighted by Crippen LogP contribution is -2.55. The van der Waals surface area contributed by atoms with Gasteiger partial charge in [0.25, 0.3) is 0 Å². The van der Waals surface area contributed by atoms with Crippen LogP contribution in [0, 0.1) is 58.2 Å². The third-order valence-electron chi connectivity index (χ3n) is 11.6. The van der Waals surface area contributed by atoms with E-state index in [1.165, 1.54) is 44.1 Å². The summed E-state index contributed by atoms with van der Waals surface area (Å²) in [7, 11) is 0. The molecular weight excluding hydrogens is 392 g/mol. The Morgan fingerprint density at radius 2 is 1.78 bits per heavy atom. The second kappa shape index (κ2) is 9.03. The fraction of sp³-hybridized carbons (Fsp3) is 0.933. The highest BCUT2D eigenvalue weighted by Gasteiger charge is 2.63. The Hall–Kier alpha value is -0.340. The molecule has 2 nitrogen and oxygen atoms in total. The SMILES string of the molecule is CC[C@H](CC[C@@H](C)[C@H]1C[C@H](C)[C@H]2[C@@H]3[C@@H](O)C=C4C[C@@H](O)CC[C@]4(C)[C@H]3CC[C@@]21C)C(C)C. The van der Waals surface area contributed by atoms with E-state index in [2.05, 4.69) is 54.5 Å². The summed E-state index contributed by atoms with van der Waals surface area (Å²) < 4.78 is 0. The Labute approximate surface area is 198 Å². The molecule has 0 aliphatic heterocycles. The van der Waals surface area contributed by atoms with Crippen molar-refractivity contribution in [2.75, 3.05) is 0 Å². The van der Waals surface area contributed by atoms with Crippen LogP contribution in [0.3, 0.4) is 0 Å². The summed E-state index contributed by atoms with van der Waals surface area (Å²) in [4.78, 5) is 0. The highest BCUT2D eigenvalue weighted by molar-refractivity contribution is 5.28. The number of fused-ring (bicyclic) bond motifs is 5. The molecule has 0 radical (unpaired) electrons. The van der Waals surface area contributed by atoms with Crippen molar-refractivity contribution >= 4 is 0 Å². The van der Waals surface area contributed by atoms with Crippen molar-refractivity contribution in [2.24, 2.45) is 58.2 Å². The van der Waals surface area contributed by atoms with E-state index in [0.29, 0.717) is 29.1 Å². The van der Waals surface area contributed by atoms with E-state index < -0.39 is 0 Å². The molecule has 0 bridgehead atoms. The topological polar surface area (TPSA) is 40.5 Å². The van der Waals surface area contributed by atoms with Gasteiger partial charge in [0, 0.05) is 0 Å². The minimum atomic E-state index is -0.320. The second-order valence-corrected chi connectivity index (χ2v) is 13.5. The normalized spacial score (nSPS) is 47.9. The van der Waals surface area contributed by atoms with Crippen molar-refractivity contribution in [1.29, 1.82) is 0 Å². The van der Waals surface area contributed by atoms with E-state index in [1.54, 1.807) is 0 Å². The Morgan fingerprint density at radius 1 is 1.06 bits per heavy atom. The first-order valence-corrected chi connectivity index (χ1v) is 14.1. The van der Waals surface area contributed by atoms with Crippen molar-refractivity contribution < 1.29 is 10.2 Å². The van der Waals surface area contributed by atoms with Gasteiger partial charge in [-0.15, -0.1) is 0 Å². The first-order chi connectivity index (χ1) is 15.0. The zero-order chi connectivity index (χ0) is 23.4.